The van der Waals surface area contributed by atoms with Crippen molar-refractivity contribution in [2.45, 2.75) is 33.4 Å². The molecule has 0 saturated carbocycles. The summed E-state index contributed by atoms with van der Waals surface area (Å²) in [4.78, 5) is 24.4. The molecule has 0 radical (unpaired) electrons. The minimum atomic E-state index is -0.0397. The van der Waals surface area contributed by atoms with E-state index in [2.05, 4.69) is 36.8 Å². The molecule has 152 valence electrons. The lowest BCUT2D eigenvalue weighted by Gasteiger charge is -2.32. The third-order valence-electron chi connectivity index (χ3n) is 5.53. The molecule has 1 aliphatic rings. The fraction of sp³-hybridized carbons (Fsp3) is 0.333. The maximum Gasteiger partial charge on any atom is 0.255 e. The van der Waals surface area contributed by atoms with E-state index in [-0.39, 0.29) is 11.9 Å². The molecule has 0 unspecified atom stereocenters. The van der Waals surface area contributed by atoms with Crippen molar-refractivity contribution in [3.05, 3.63) is 53.2 Å². The Morgan fingerprint density at radius 1 is 1.20 bits per heavy atom. The number of fused-ring (bicyclic) bond motifs is 2. The molecule has 5 heterocycles. The van der Waals surface area contributed by atoms with Gasteiger partial charge in [0, 0.05) is 25.5 Å². The van der Waals surface area contributed by atoms with Crippen molar-refractivity contribution in [1.29, 1.82) is 0 Å². The molecular weight excluding hydrogens is 380 g/mol. The fourth-order valence-electron chi connectivity index (χ4n) is 4.26. The minimum absolute atomic E-state index is 0.0260. The van der Waals surface area contributed by atoms with Crippen molar-refractivity contribution >= 4 is 16.9 Å². The summed E-state index contributed by atoms with van der Waals surface area (Å²) in [5.41, 5.74) is 3.73. The van der Waals surface area contributed by atoms with Gasteiger partial charge in [0.15, 0.2) is 17.3 Å². The van der Waals surface area contributed by atoms with Crippen LogP contribution in [-0.2, 0) is 13.6 Å². The number of carbonyl (C=O) groups excluding carboxylic acids is 1. The lowest BCUT2D eigenvalue weighted by molar-refractivity contribution is 0.0684. The van der Waals surface area contributed by atoms with E-state index < -0.39 is 0 Å². The maximum absolute atomic E-state index is 13.6. The van der Waals surface area contributed by atoms with Gasteiger partial charge < -0.3 is 9.47 Å². The zero-order valence-corrected chi connectivity index (χ0v) is 17.4. The normalized spacial score (nSPS) is 16.1. The second-order valence-electron chi connectivity index (χ2n) is 7.78. The summed E-state index contributed by atoms with van der Waals surface area (Å²) in [7, 11) is 1.85. The van der Waals surface area contributed by atoms with E-state index in [9.17, 15) is 4.79 Å². The zero-order valence-electron chi connectivity index (χ0n) is 17.4. The van der Waals surface area contributed by atoms with Crippen molar-refractivity contribution in [2.24, 2.45) is 7.05 Å². The average molecular weight is 402 g/mol. The molecule has 4 aromatic heterocycles. The summed E-state index contributed by atoms with van der Waals surface area (Å²) in [6.45, 7) is 6.83. The van der Waals surface area contributed by atoms with Crippen molar-refractivity contribution in [1.82, 2.24) is 39.4 Å². The first-order valence-corrected chi connectivity index (χ1v) is 9.89. The van der Waals surface area contributed by atoms with Crippen molar-refractivity contribution in [3.63, 3.8) is 0 Å². The van der Waals surface area contributed by atoms with E-state index in [1.165, 1.54) is 0 Å². The molecule has 9 nitrogen and oxygen atoms in total. The Kier molecular flexibility index (Phi) is 4.12. The van der Waals surface area contributed by atoms with Gasteiger partial charge in [0.25, 0.3) is 5.91 Å². The number of rotatable bonds is 2. The largest absolute Gasteiger partial charge is 0.329 e. The Morgan fingerprint density at radius 3 is 2.80 bits per heavy atom. The molecule has 4 aromatic rings. The molecule has 0 saturated heterocycles. The Labute approximate surface area is 173 Å². The first-order valence-electron chi connectivity index (χ1n) is 9.89. The van der Waals surface area contributed by atoms with Gasteiger partial charge in [-0.25, -0.2) is 4.98 Å². The number of aryl methyl sites for hydroxylation is 3. The molecule has 9 heteroatoms. The number of aromatic nitrogens is 7. The predicted molar refractivity (Wildman–Crippen MR) is 111 cm³/mol. The van der Waals surface area contributed by atoms with Crippen LogP contribution in [0.1, 0.15) is 40.5 Å². The third-order valence-corrected chi connectivity index (χ3v) is 5.53. The summed E-state index contributed by atoms with van der Waals surface area (Å²) in [6.07, 6.45) is 1.74. The van der Waals surface area contributed by atoms with Gasteiger partial charge in [0.2, 0.25) is 0 Å². The van der Waals surface area contributed by atoms with Gasteiger partial charge in [-0.15, -0.1) is 10.2 Å². The first-order chi connectivity index (χ1) is 14.4. The van der Waals surface area contributed by atoms with Gasteiger partial charge in [-0.2, -0.15) is 5.10 Å². The van der Waals surface area contributed by atoms with Gasteiger partial charge in [-0.05, 0) is 39.0 Å². The number of amides is 1. The second kappa shape index (κ2) is 6.72. The molecule has 1 aliphatic heterocycles. The Morgan fingerprint density at radius 2 is 2.03 bits per heavy atom. The van der Waals surface area contributed by atoms with Crippen LogP contribution in [0.15, 0.2) is 30.5 Å². The van der Waals surface area contributed by atoms with Crippen molar-refractivity contribution < 1.29 is 4.79 Å². The highest BCUT2D eigenvalue weighted by molar-refractivity contribution is 6.06. The zero-order chi connectivity index (χ0) is 21.0. The Bertz CT molecular complexity index is 1270. The van der Waals surface area contributed by atoms with Crippen LogP contribution in [0.4, 0.5) is 0 Å². The van der Waals surface area contributed by atoms with Crippen LogP contribution in [-0.4, -0.2) is 51.9 Å². The summed E-state index contributed by atoms with van der Waals surface area (Å²) in [6, 6.07) is 7.60. The molecule has 0 spiro atoms. The highest BCUT2D eigenvalue weighted by Crippen LogP contribution is 2.29. The maximum atomic E-state index is 13.6. The lowest BCUT2D eigenvalue weighted by atomic mass is 10.1. The van der Waals surface area contributed by atoms with E-state index in [1.54, 1.807) is 10.9 Å². The van der Waals surface area contributed by atoms with Crippen LogP contribution in [0, 0.1) is 13.8 Å². The molecule has 0 aliphatic carbocycles. The van der Waals surface area contributed by atoms with Crippen molar-refractivity contribution in [2.75, 3.05) is 6.54 Å². The van der Waals surface area contributed by atoms with Crippen LogP contribution >= 0.6 is 0 Å². The van der Waals surface area contributed by atoms with Gasteiger partial charge in [0.1, 0.15) is 5.69 Å². The predicted octanol–water partition coefficient (Wildman–Crippen LogP) is 2.46. The standard InChI is InChI=1S/C21H22N8O/c1-12-9-15(18-14(3)26-27(4)20(18)23-12)21(30)28-10-13(2)29-17(11-28)24-25-19(29)16-7-5-6-8-22-16/h5-9,13H,10-11H2,1-4H3/t13-/m0/s1. The summed E-state index contributed by atoms with van der Waals surface area (Å²) in [5.74, 6) is 1.45. The van der Waals surface area contributed by atoms with Crippen LogP contribution in [0.3, 0.4) is 0 Å². The highest BCUT2D eigenvalue weighted by atomic mass is 16.2. The smallest absolute Gasteiger partial charge is 0.255 e. The SMILES string of the molecule is Cc1cc(C(=O)N2Cc3nnc(-c4ccccn4)n3[C@@H](C)C2)c2c(C)nn(C)c2n1. The van der Waals surface area contributed by atoms with Gasteiger partial charge in [-0.1, -0.05) is 6.07 Å². The third kappa shape index (κ3) is 2.77. The summed E-state index contributed by atoms with van der Waals surface area (Å²) in [5, 5.41) is 14.0. The number of carbonyl (C=O) groups is 1. The Balaban J connectivity index is 1.53. The molecule has 0 N–H and O–H groups in total. The van der Waals surface area contributed by atoms with E-state index in [4.69, 9.17) is 0 Å². The van der Waals surface area contributed by atoms with Crippen molar-refractivity contribution in [3.8, 4) is 11.5 Å². The number of nitrogens with zero attached hydrogens (tertiary/aromatic N) is 8. The van der Waals surface area contributed by atoms with Gasteiger partial charge >= 0.3 is 0 Å². The van der Waals surface area contributed by atoms with Crippen LogP contribution in [0.5, 0.6) is 0 Å². The highest BCUT2D eigenvalue weighted by Gasteiger charge is 2.31. The van der Waals surface area contributed by atoms with E-state index in [1.807, 2.05) is 50.1 Å². The topological polar surface area (TPSA) is 94.6 Å². The van der Waals surface area contributed by atoms with Gasteiger partial charge in [0.05, 0.1) is 29.2 Å². The van der Waals surface area contributed by atoms with E-state index in [0.29, 0.717) is 18.7 Å². The Hall–Kier alpha value is -3.62. The molecule has 0 bridgehead atoms. The summed E-state index contributed by atoms with van der Waals surface area (Å²) < 4.78 is 3.80. The van der Waals surface area contributed by atoms with Crippen LogP contribution in [0.2, 0.25) is 0 Å². The molecule has 1 atom stereocenters. The molecule has 0 fully saturated rings. The molecule has 5 rings (SSSR count). The number of hydrogen-bond donors (Lipinski definition) is 0. The van der Waals surface area contributed by atoms with E-state index in [0.717, 1.165) is 39.8 Å². The lowest BCUT2D eigenvalue weighted by Crippen LogP contribution is -2.40. The molecule has 1 amide bonds. The molecule has 0 aromatic carbocycles. The fourth-order valence-corrected chi connectivity index (χ4v) is 4.26. The first kappa shape index (κ1) is 18.4. The van der Waals surface area contributed by atoms with Gasteiger partial charge in [-0.3, -0.25) is 14.5 Å². The summed E-state index contributed by atoms with van der Waals surface area (Å²) >= 11 is 0. The second-order valence-corrected chi connectivity index (χ2v) is 7.78. The molecule has 30 heavy (non-hydrogen) atoms. The quantitative estimate of drug-likeness (QED) is 0.511. The van der Waals surface area contributed by atoms with E-state index >= 15 is 0 Å². The number of pyridine rings is 2. The minimum Gasteiger partial charge on any atom is -0.329 e. The molecular formula is C21H22N8O. The monoisotopic (exact) mass is 402 g/mol. The average Bonchev–Trinajstić information content (AvgIpc) is 3.29. The van der Waals surface area contributed by atoms with Crippen LogP contribution in [0.25, 0.3) is 22.6 Å². The number of hydrogen-bond acceptors (Lipinski definition) is 6. The van der Waals surface area contributed by atoms with Crippen LogP contribution < -0.4 is 0 Å².